The van der Waals surface area contributed by atoms with Crippen LogP contribution in [0, 0.1) is 6.92 Å². The zero-order valence-corrected chi connectivity index (χ0v) is 12.0. The van der Waals surface area contributed by atoms with Crippen molar-refractivity contribution in [2.75, 3.05) is 0 Å². The molecule has 102 valence electrons. The molecule has 0 bridgehead atoms. The van der Waals surface area contributed by atoms with E-state index in [1.807, 2.05) is 18.2 Å². The molecule has 3 aromatic heterocycles. The van der Waals surface area contributed by atoms with Gasteiger partial charge in [0, 0.05) is 25.4 Å². The Balaban J connectivity index is 1.75. The summed E-state index contributed by atoms with van der Waals surface area (Å²) in [6.45, 7) is 3.50. The third-order valence-electron chi connectivity index (χ3n) is 3.21. The van der Waals surface area contributed by atoms with Crippen molar-refractivity contribution in [3.63, 3.8) is 0 Å². The second-order valence-electron chi connectivity index (χ2n) is 4.70. The van der Waals surface area contributed by atoms with Crippen LogP contribution in [0.15, 0.2) is 46.0 Å². The van der Waals surface area contributed by atoms with Crippen molar-refractivity contribution in [3.8, 4) is 0 Å². The van der Waals surface area contributed by atoms with E-state index in [2.05, 4.69) is 28.0 Å². The first-order valence-electron chi connectivity index (χ1n) is 6.44. The molecule has 4 nitrogen and oxygen atoms in total. The fourth-order valence-electron chi connectivity index (χ4n) is 2.09. The lowest BCUT2D eigenvalue weighted by atomic mass is 10.2. The summed E-state index contributed by atoms with van der Waals surface area (Å²) in [7, 11) is 0. The molecule has 0 saturated carbocycles. The number of rotatable bonds is 4. The Morgan fingerprint density at radius 3 is 3.00 bits per heavy atom. The highest BCUT2D eigenvalue weighted by molar-refractivity contribution is 7.08. The minimum absolute atomic E-state index is 0.0425. The maximum absolute atomic E-state index is 11.9. The lowest BCUT2D eigenvalue weighted by Crippen LogP contribution is -2.19. The second-order valence-corrected chi connectivity index (χ2v) is 5.44. The van der Waals surface area contributed by atoms with Gasteiger partial charge in [-0.1, -0.05) is 6.07 Å². The molecule has 5 heteroatoms. The third-order valence-corrected chi connectivity index (χ3v) is 4.12. The molecule has 3 aromatic rings. The first-order chi connectivity index (χ1) is 9.74. The van der Waals surface area contributed by atoms with E-state index in [9.17, 15) is 4.79 Å². The fraction of sp³-hybridized carbons (Fsp3) is 0.200. The molecular formula is C15H15N3OS. The molecule has 0 aliphatic heterocycles. The normalized spacial score (nSPS) is 11.1. The summed E-state index contributed by atoms with van der Waals surface area (Å²) < 4.78 is 1.55. The average molecular weight is 285 g/mol. The van der Waals surface area contributed by atoms with Gasteiger partial charge in [0.15, 0.2) is 0 Å². The molecule has 1 N–H and O–H groups in total. The molecule has 0 aromatic carbocycles. The molecule has 0 aliphatic carbocycles. The number of aryl methyl sites for hydroxylation is 1. The lowest BCUT2D eigenvalue weighted by molar-refractivity contribution is 0.677. The SMILES string of the molecule is Cc1cscc1CNCc1cc(=O)n2ccccc2n1. The van der Waals surface area contributed by atoms with Crippen molar-refractivity contribution in [2.24, 2.45) is 0 Å². The number of aromatic nitrogens is 2. The van der Waals surface area contributed by atoms with E-state index in [0.717, 1.165) is 12.2 Å². The van der Waals surface area contributed by atoms with E-state index in [1.165, 1.54) is 11.1 Å². The van der Waals surface area contributed by atoms with E-state index < -0.39 is 0 Å². The van der Waals surface area contributed by atoms with Crippen LogP contribution in [0.3, 0.4) is 0 Å². The third kappa shape index (κ3) is 2.64. The number of pyridine rings is 1. The van der Waals surface area contributed by atoms with Crippen LogP contribution in [0.4, 0.5) is 0 Å². The zero-order valence-electron chi connectivity index (χ0n) is 11.2. The van der Waals surface area contributed by atoms with Gasteiger partial charge < -0.3 is 5.32 Å². The first-order valence-corrected chi connectivity index (χ1v) is 7.38. The number of nitrogens with one attached hydrogen (secondary N) is 1. The van der Waals surface area contributed by atoms with Crippen molar-refractivity contribution >= 4 is 17.0 Å². The summed E-state index contributed by atoms with van der Waals surface area (Å²) in [6.07, 6.45) is 1.73. The smallest absolute Gasteiger partial charge is 0.258 e. The van der Waals surface area contributed by atoms with Gasteiger partial charge in [-0.15, -0.1) is 0 Å². The Bertz CT molecular complexity index is 791. The molecule has 3 rings (SSSR count). The molecular weight excluding hydrogens is 270 g/mol. The molecule has 0 spiro atoms. The Morgan fingerprint density at radius 1 is 1.30 bits per heavy atom. The second kappa shape index (κ2) is 5.56. The van der Waals surface area contributed by atoms with Gasteiger partial charge in [-0.2, -0.15) is 11.3 Å². The summed E-state index contributed by atoms with van der Waals surface area (Å²) in [4.78, 5) is 16.4. The largest absolute Gasteiger partial charge is 0.307 e. The number of thiophene rings is 1. The highest BCUT2D eigenvalue weighted by atomic mass is 32.1. The lowest BCUT2D eigenvalue weighted by Gasteiger charge is -2.06. The highest BCUT2D eigenvalue weighted by Gasteiger charge is 2.03. The minimum Gasteiger partial charge on any atom is -0.307 e. The molecule has 0 amide bonds. The predicted octanol–water partition coefficient (Wildman–Crippen LogP) is 2.35. The molecule has 20 heavy (non-hydrogen) atoms. The van der Waals surface area contributed by atoms with Crippen LogP contribution in [0.1, 0.15) is 16.8 Å². The Hall–Kier alpha value is -1.98. The molecule has 3 heterocycles. The Morgan fingerprint density at radius 2 is 2.20 bits per heavy atom. The van der Waals surface area contributed by atoms with E-state index in [4.69, 9.17) is 0 Å². The van der Waals surface area contributed by atoms with Gasteiger partial charge in [-0.3, -0.25) is 9.20 Å². The van der Waals surface area contributed by atoms with Gasteiger partial charge >= 0.3 is 0 Å². The standard InChI is InChI=1S/C15H15N3OS/c1-11-9-20-10-12(11)7-16-8-13-6-15(19)18-5-3-2-4-14(18)17-13/h2-6,9-10,16H,7-8H2,1H3. The van der Waals surface area contributed by atoms with Crippen molar-refractivity contribution in [1.82, 2.24) is 14.7 Å². The number of fused-ring (bicyclic) bond motifs is 1. The van der Waals surface area contributed by atoms with Gasteiger partial charge in [0.2, 0.25) is 0 Å². The van der Waals surface area contributed by atoms with Crippen LogP contribution in [0.2, 0.25) is 0 Å². The van der Waals surface area contributed by atoms with Crippen molar-refractivity contribution < 1.29 is 0 Å². The maximum atomic E-state index is 11.9. The summed E-state index contributed by atoms with van der Waals surface area (Å²) in [5, 5.41) is 7.61. The summed E-state index contributed by atoms with van der Waals surface area (Å²) in [5.74, 6) is 0. The number of nitrogens with zero attached hydrogens (tertiary/aromatic N) is 2. The van der Waals surface area contributed by atoms with E-state index >= 15 is 0 Å². The molecule has 0 unspecified atom stereocenters. The molecule has 0 saturated heterocycles. The predicted molar refractivity (Wildman–Crippen MR) is 81.1 cm³/mol. The van der Waals surface area contributed by atoms with Crippen LogP contribution in [0.25, 0.3) is 5.65 Å². The Labute approximate surface area is 120 Å². The molecule has 0 atom stereocenters. The van der Waals surface area contributed by atoms with Crippen molar-refractivity contribution in [3.05, 3.63) is 68.4 Å². The van der Waals surface area contributed by atoms with Crippen molar-refractivity contribution in [1.29, 1.82) is 0 Å². The average Bonchev–Trinajstić information content (AvgIpc) is 2.85. The van der Waals surface area contributed by atoms with Crippen LogP contribution in [-0.4, -0.2) is 9.38 Å². The molecule has 0 fully saturated rings. The van der Waals surface area contributed by atoms with Gasteiger partial charge in [-0.05, 0) is 40.9 Å². The summed E-state index contributed by atoms with van der Waals surface area (Å²) in [5.41, 5.74) is 4.01. The van der Waals surface area contributed by atoms with E-state index in [0.29, 0.717) is 12.2 Å². The van der Waals surface area contributed by atoms with Crippen LogP contribution in [-0.2, 0) is 13.1 Å². The van der Waals surface area contributed by atoms with Gasteiger partial charge in [0.1, 0.15) is 5.65 Å². The van der Waals surface area contributed by atoms with Gasteiger partial charge in [0.05, 0.1) is 5.69 Å². The van der Waals surface area contributed by atoms with Gasteiger partial charge in [0.25, 0.3) is 5.56 Å². The quantitative estimate of drug-likeness (QED) is 0.800. The zero-order chi connectivity index (χ0) is 13.9. The molecule has 0 aliphatic rings. The highest BCUT2D eigenvalue weighted by Crippen LogP contribution is 2.13. The number of hydrogen-bond acceptors (Lipinski definition) is 4. The van der Waals surface area contributed by atoms with E-state index in [-0.39, 0.29) is 5.56 Å². The number of hydrogen-bond donors (Lipinski definition) is 1. The van der Waals surface area contributed by atoms with E-state index in [1.54, 1.807) is 28.0 Å². The maximum Gasteiger partial charge on any atom is 0.258 e. The first kappa shape index (κ1) is 13.0. The van der Waals surface area contributed by atoms with Gasteiger partial charge in [-0.25, -0.2) is 4.98 Å². The topological polar surface area (TPSA) is 46.4 Å². The molecule has 0 radical (unpaired) electrons. The monoisotopic (exact) mass is 285 g/mol. The fourth-order valence-corrected chi connectivity index (χ4v) is 2.94. The van der Waals surface area contributed by atoms with Crippen molar-refractivity contribution in [2.45, 2.75) is 20.0 Å². The van der Waals surface area contributed by atoms with Crippen LogP contribution >= 0.6 is 11.3 Å². The Kier molecular flexibility index (Phi) is 3.62. The summed E-state index contributed by atoms with van der Waals surface area (Å²) >= 11 is 1.71. The minimum atomic E-state index is -0.0425. The summed E-state index contributed by atoms with van der Waals surface area (Å²) in [6, 6.07) is 7.13. The van der Waals surface area contributed by atoms with Crippen LogP contribution in [0.5, 0.6) is 0 Å². The van der Waals surface area contributed by atoms with Crippen LogP contribution < -0.4 is 10.9 Å².